The average molecular weight is 474 g/mol. The highest BCUT2D eigenvalue weighted by molar-refractivity contribution is 14.0. The molecule has 0 saturated heterocycles. The Kier molecular flexibility index (Phi) is 9.34. The lowest BCUT2D eigenvalue weighted by molar-refractivity contribution is 0.463. The Hall–Kier alpha value is -1.22. The standard InChI is InChI=1S/C18H26N4OS.HI/c1-6-19-18(21-11-17-22-13(3)14(4)23-17)20-10-15-8-7-12(2)9-16(15)24-5;/h7-9H,6,10-11H2,1-5H3,(H2,19,20,21);1H. The number of thioether (sulfide) groups is 1. The molecule has 2 N–H and O–H groups in total. The van der Waals surface area contributed by atoms with Gasteiger partial charge < -0.3 is 15.1 Å². The first-order valence-electron chi connectivity index (χ1n) is 8.12. The summed E-state index contributed by atoms with van der Waals surface area (Å²) in [5.74, 6) is 2.30. The summed E-state index contributed by atoms with van der Waals surface area (Å²) in [5.41, 5.74) is 3.43. The number of hydrogen-bond acceptors (Lipinski definition) is 4. The first-order chi connectivity index (χ1) is 11.5. The largest absolute Gasteiger partial charge is 0.444 e. The summed E-state index contributed by atoms with van der Waals surface area (Å²) < 4.78 is 5.60. The lowest BCUT2D eigenvalue weighted by Gasteiger charge is -2.11. The van der Waals surface area contributed by atoms with E-state index in [0.717, 1.165) is 24.0 Å². The number of halogens is 1. The lowest BCUT2D eigenvalue weighted by Crippen LogP contribution is -2.36. The van der Waals surface area contributed by atoms with E-state index in [2.05, 4.69) is 58.9 Å². The Morgan fingerprint density at radius 1 is 1.24 bits per heavy atom. The van der Waals surface area contributed by atoms with E-state index in [4.69, 9.17) is 4.42 Å². The summed E-state index contributed by atoms with van der Waals surface area (Å²) in [6.07, 6.45) is 2.10. The van der Waals surface area contributed by atoms with Gasteiger partial charge in [0.1, 0.15) is 5.76 Å². The zero-order valence-corrected chi connectivity index (χ0v) is 18.6. The number of rotatable bonds is 6. The van der Waals surface area contributed by atoms with Gasteiger partial charge in [-0.05, 0) is 51.1 Å². The summed E-state index contributed by atoms with van der Waals surface area (Å²) >= 11 is 1.75. The van der Waals surface area contributed by atoms with Gasteiger partial charge in [-0.3, -0.25) is 0 Å². The maximum atomic E-state index is 5.60. The van der Waals surface area contributed by atoms with Crippen molar-refractivity contribution in [2.24, 2.45) is 4.99 Å². The Morgan fingerprint density at radius 3 is 2.60 bits per heavy atom. The van der Waals surface area contributed by atoms with Crippen LogP contribution in [-0.4, -0.2) is 23.7 Å². The molecular formula is C18H27IN4OS. The fraction of sp³-hybridized carbons (Fsp3) is 0.444. The molecule has 0 bridgehead atoms. The third kappa shape index (κ3) is 6.54. The van der Waals surface area contributed by atoms with Crippen LogP contribution < -0.4 is 10.6 Å². The van der Waals surface area contributed by atoms with Crippen molar-refractivity contribution in [3.05, 3.63) is 46.7 Å². The quantitative estimate of drug-likeness (QED) is 0.285. The Morgan fingerprint density at radius 2 is 2.00 bits per heavy atom. The van der Waals surface area contributed by atoms with Gasteiger partial charge >= 0.3 is 0 Å². The Bertz CT molecular complexity index is 696. The van der Waals surface area contributed by atoms with Gasteiger partial charge in [-0.25, -0.2) is 9.98 Å². The molecule has 0 spiro atoms. The SMILES string of the molecule is CCNC(=NCc1ccc(C)cc1SC)NCc1nc(C)c(C)o1.I. The van der Waals surface area contributed by atoms with E-state index < -0.39 is 0 Å². The topological polar surface area (TPSA) is 62.5 Å². The average Bonchev–Trinajstić information content (AvgIpc) is 2.89. The maximum Gasteiger partial charge on any atom is 0.214 e. The summed E-state index contributed by atoms with van der Waals surface area (Å²) in [4.78, 5) is 10.3. The molecule has 25 heavy (non-hydrogen) atoms. The van der Waals surface area contributed by atoms with E-state index in [-0.39, 0.29) is 24.0 Å². The minimum atomic E-state index is 0. The van der Waals surface area contributed by atoms with Crippen molar-refractivity contribution in [3.8, 4) is 0 Å². The predicted molar refractivity (Wildman–Crippen MR) is 116 cm³/mol. The second-order valence-electron chi connectivity index (χ2n) is 5.61. The number of oxazole rings is 1. The van der Waals surface area contributed by atoms with Crippen LogP contribution in [0.3, 0.4) is 0 Å². The van der Waals surface area contributed by atoms with Crippen molar-refractivity contribution in [1.82, 2.24) is 15.6 Å². The monoisotopic (exact) mass is 474 g/mol. The minimum Gasteiger partial charge on any atom is -0.444 e. The number of aryl methyl sites for hydroxylation is 3. The maximum absolute atomic E-state index is 5.60. The van der Waals surface area contributed by atoms with Gasteiger partial charge in [-0.1, -0.05) is 12.1 Å². The second-order valence-corrected chi connectivity index (χ2v) is 6.46. The number of nitrogens with one attached hydrogen (secondary N) is 2. The molecule has 0 atom stereocenters. The molecule has 2 rings (SSSR count). The van der Waals surface area contributed by atoms with Crippen LogP contribution in [0.4, 0.5) is 0 Å². The van der Waals surface area contributed by atoms with Gasteiger partial charge in [0, 0.05) is 11.4 Å². The van der Waals surface area contributed by atoms with Gasteiger partial charge in [0.15, 0.2) is 5.96 Å². The number of nitrogens with zero attached hydrogens (tertiary/aromatic N) is 2. The molecule has 7 heteroatoms. The van der Waals surface area contributed by atoms with Crippen LogP contribution in [0, 0.1) is 20.8 Å². The predicted octanol–water partition coefficient (Wildman–Crippen LogP) is 4.20. The van der Waals surface area contributed by atoms with Gasteiger partial charge in [-0.15, -0.1) is 35.7 Å². The van der Waals surface area contributed by atoms with Gasteiger partial charge in [0.05, 0.1) is 18.8 Å². The Balaban J connectivity index is 0.00000312. The molecule has 0 unspecified atom stereocenters. The number of aromatic nitrogens is 1. The molecule has 0 saturated carbocycles. The molecule has 0 aliphatic rings. The van der Waals surface area contributed by atoms with Crippen LogP contribution in [0.2, 0.25) is 0 Å². The fourth-order valence-electron chi connectivity index (χ4n) is 2.26. The highest BCUT2D eigenvalue weighted by Crippen LogP contribution is 2.22. The smallest absolute Gasteiger partial charge is 0.214 e. The van der Waals surface area contributed by atoms with Crippen molar-refractivity contribution in [1.29, 1.82) is 0 Å². The van der Waals surface area contributed by atoms with E-state index in [9.17, 15) is 0 Å². The van der Waals surface area contributed by atoms with Gasteiger partial charge in [0.25, 0.3) is 0 Å². The van der Waals surface area contributed by atoms with Crippen LogP contribution in [0.15, 0.2) is 32.5 Å². The molecule has 1 aromatic heterocycles. The van der Waals surface area contributed by atoms with Gasteiger partial charge in [-0.2, -0.15) is 0 Å². The first-order valence-corrected chi connectivity index (χ1v) is 9.34. The third-order valence-electron chi connectivity index (χ3n) is 3.67. The number of guanidine groups is 1. The molecule has 0 amide bonds. The van der Waals surface area contributed by atoms with Crippen molar-refractivity contribution in [2.75, 3.05) is 12.8 Å². The lowest BCUT2D eigenvalue weighted by atomic mass is 10.1. The number of hydrogen-bond donors (Lipinski definition) is 2. The molecule has 0 aliphatic carbocycles. The minimum absolute atomic E-state index is 0. The van der Waals surface area contributed by atoms with Crippen LogP contribution in [0.1, 0.15) is 35.4 Å². The van der Waals surface area contributed by atoms with Gasteiger partial charge in [0.2, 0.25) is 5.89 Å². The van der Waals surface area contributed by atoms with Crippen molar-refractivity contribution in [3.63, 3.8) is 0 Å². The zero-order valence-electron chi connectivity index (χ0n) is 15.5. The first kappa shape index (κ1) is 21.8. The molecule has 5 nitrogen and oxygen atoms in total. The number of benzene rings is 1. The summed E-state index contributed by atoms with van der Waals surface area (Å²) in [7, 11) is 0. The van der Waals surface area contributed by atoms with Crippen molar-refractivity contribution < 1.29 is 4.42 Å². The number of aliphatic imine (C=N–C) groups is 1. The highest BCUT2D eigenvalue weighted by Gasteiger charge is 2.07. The second kappa shape index (κ2) is 10.7. The van der Waals surface area contributed by atoms with E-state index in [1.807, 2.05) is 13.8 Å². The molecule has 0 fully saturated rings. The van der Waals surface area contributed by atoms with Crippen molar-refractivity contribution >= 4 is 41.7 Å². The normalized spacial score (nSPS) is 11.2. The Labute approximate surface area is 171 Å². The summed E-state index contributed by atoms with van der Waals surface area (Å²) in [6, 6.07) is 6.48. The van der Waals surface area contributed by atoms with Crippen LogP contribution in [0.5, 0.6) is 0 Å². The zero-order chi connectivity index (χ0) is 17.5. The third-order valence-corrected chi connectivity index (χ3v) is 4.49. The molecule has 0 radical (unpaired) electrons. The summed E-state index contributed by atoms with van der Waals surface area (Å²) in [5, 5.41) is 6.53. The van der Waals surface area contributed by atoms with Crippen LogP contribution in [-0.2, 0) is 13.1 Å². The van der Waals surface area contributed by atoms with E-state index >= 15 is 0 Å². The molecule has 0 aliphatic heterocycles. The molecule has 1 heterocycles. The molecule has 1 aromatic carbocycles. The van der Waals surface area contributed by atoms with E-state index in [1.165, 1.54) is 16.0 Å². The van der Waals surface area contributed by atoms with E-state index in [1.54, 1.807) is 11.8 Å². The molecule has 138 valence electrons. The molecular weight excluding hydrogens is 447 g/mol. The fourth-order valence-corrected chi connectivity index (χ4v) is 2.96. The molecule has 2 aromatic rings. The van der Waals surface area contributed by atoms with Crippen LogP contribution >= 0.6 is 35.7 Å². The van der Waals surface area contributed by atoms with Crippen LogP contribution in [0.25, 0.3) is 0 Å². The van der Waals surface area contributed by atoms with E-state index in [0.29, 0.717) is 19.0 Å². The summed E-state index contributed by atoms with van der Waals surface area (Å²) in [6.45, 7) is 9.99. The van der Waals surface area contributed by atoms with Crippen molar-refractivity contribution in [2.45, 2.75) is 45.7 Å². The highest BCUT2D eigenvalue weighted by atomic mass is 127.